The number of nitrogens with one attached hydrogen (secondary N) is 2. The van der Waals surface area contributed by atoms with Crippen LogP contribution in [0.15, 0.2) is 0 Å². The fourth-order valence-corrected chi connectivity index (χ4v) is 2.95. The summed E-state index contributed by atoms with van der Waals surface area (Å²) >= 11 is 1.11. The van der Waals surface area contributed by atoms with E-state index in [0.29, 0.717) is 17.2 Å². The summed E-state index contributed by atoms with van der Waals surface area (Å²) in [6.45, 7) is 5.40. The molecule has 2 heterocycles. The SMILES string of the molecule is Cc1nc(CNC(=O)C2(C)CCNC2)sc1C(=O)O. The zero-order valence-corrected chi connectivity index (χ0v) is 11.8. The fourth-order valence-electron chi connectivity index (χ4n) is 2.11. The monoisotopic (exact) mass is 283 g/mol. The first-order valence-electron chi connectivity index (χ1n) is 6.11. The van der Waals surface area contributed by atoms with Crippen LogP contribution in [0.1, 0.15) is 33.7 Å². The number of carbonyl (C=O) groups is 2. The van der Waals surface area contributed by atoms with E-state index in [-0.39, 0.29) is 22.7 Å². The number of hydrogen-bond acceptors (Lipinski definition) is 5. The lowest BCUT2D eigenvalue weighted by Crippen LogP contribution is -2.39. The van der Waals surface area contributed by atoms with Gasteiger partial charge in [0.25, 0.3) is 0 Å². The number of hydrogen-bond donors (Lipinski definition) is 3. The highest BCUT2D eigenvalue weighted by atomic mass is 32.1. The number of aryl methyl sites for hydroxylation is 1. The topological polar surface area (TPSA) is 91.3 Å². The first-order valence-corrected chi connectivity index (χ1v) is 6.93. The van der Waals surface area contributed by atoms with Gasteiger partial charge >= 0.3 is 5.97 Å². The number of thiazole rings is 1. The lowest BCUT2D eigenvalue weighted by molar-refractivity contribution is -0.129. The van der Waals surface area contributed by atoms with E-state index >= 15 is 0 Å². The number of carbonyl (C=O) groups excluding carboxylic acids is 1. The van der Waals surface area contributed by atoms with Crippen molar-refractivity contribution < 1.29 is 14.7 Å². The second-order valence-corrected chi connectivity index (χ2v) is 6.08. The molecule has 1 aliphatic rings. The maximum Gasteiger partial charge on any atom is 0.347 e. The van der Waals surface area contributed by atoms with Gasteiger partial charge in [-0.1, -0.05) is 0 Å². The van der Waals surface area contributed by atoms with Crippen LogP contribution in [0.3, 0.4) is 0 Å². The van der Waals surface area contributed by atoms with E-state index < -0.39 is 5.97 Å². The molecular weight excluding hydrogens is 266 g/mol. The molecule has 7 heteroatoms. The van der Waals surface area contributed by atoms with Crippen LogP contribution in [0.2, 0.25) is 0 Å². The molecule has 1 atom stereocenters. The van der Waals surface area contributed by atoms with E-state index in [4.69, 9.17) is 5.11 Å². The van der Waals surface area contributed by atoms with Gasteiger partial charge in [0, 0.05) is 6.54 Å². The first kappa shape index (κ1) is 14.0. The summed E-state index contributed by atoms with van der Waals surface area (Å²) < 4.78 is 0. The second kappa shape index (κ2) is 5.26. The molecule has 0 radical (unpaired) electrons. The van der Waals surface area contributed by atoms with Crippen LogP contribution in [-0.4, -0.2) is 35.1 Å². The van der Waals surface area contributed by atoms with Gasteiger partial charge in [0.05, 0.1) is 17.7 Å². The van der Waals surface area contributed by atoms with Crippen molar-refractivity contribution in [1.29, 1.82) is 0 Å². The van der Waals surface area contributed by atoms with Crippen molar-refractivity contribution in [2.24, 2.45) is 5.41 Å². The minimum absolute atomic E-state index is 0.0118. The predicted molar refractivity (Wildman–Crippen MR) is 71.3 cm³/mol. The number of carboxylic acid groups (broad SMARTS) is 1. The van der Waals surface area contributed by atoms with Crippen LogP contribution in [-0.2, 0) is 11.3 Å². The summed E-state index contributed by atoms with van der Waals surface area (Å²) in [5, 5.41) is 15.6. The van der Waals surface area contributed by atoms with Crippen molar-refractivity contribution >= 4 is 23.2 Å². The van der Waals surface area contributed by atoms with E-state index in [0.717, 1.165) is 24.3 Å². The number of aromatic nitrogens is 1. The maximum atomic E-state index is 12.1. The summed E-state index contributed by atoms with van der Waals surface area (Å²) in [7, 11) is 0. The molecular formula is C12H17N3O3S. The third-order valence-electron chi connectivity index (χ3n) is 3.35. The van der Waals surface area contributed by atoms with Gasteiger partial charge in [-0.2, -0.15) is 0 Å². The van der Waals surface area contributed by atoms with Gasteiger partial charge in [-0.05, 0) is 26.8 Å². The van der Waals surface area contributed by atoms with Crippen LogP contribution in [0.4, 0.5) is 0 Å². The molecule has 1 aromatic heterocycles. The molecule has 1 amide bonds. The van der Waals surface area contributed by atoms with Gasteiger partial charge in [0.1, 0.15) is 9.88 Å². The van der Waals surface area contributed by atoms with E-state index in [1.165, 1.54) is 0 Å². The first-order chi connectivity index (χ1) is 8.92. The largest absolute Gasteiger partial charge is 0.477 e. The van der Waals surface area contributed by atoms with Crippen LogP contribution in [0, 0.1) is 12.3 Å². The lowest BCUT2D eigenvalue weighted by Gasteiger charge is -2.20. The second-order valence-electron chi connectivity index (χ2n) is 5.00. The smallest absolute Gasteiger partial charge is 0.347 e. The zero-order chi connectivity index (χ0) is 14.0. The summed E-state index contributed by atoms with van der Waals surface area (Å²) in [4.78, 5) is 27.4. The van der Waals surface area contributed by atoms with Crippen molar-refractivity contribution in [2.45, 2.75) is 26.8 Å². The molecule has 1 aliphatic heterocycles. The standard InChI is InChI=1S/C12H17N3O3S/c1-7-9(10(16)17)19-8(15-7)5-14-11(18)12(2)3-4-13-6-12/h13H,3-6H2,1-2H3,(H,14,18)(H,16,17). The molecule has 1 unspecified atom stereocenters. The molecule has 0 aromatic carbocycles. The molecule has 2 rings (SSSR count). The molecule has 0 aliphatic carbocycles. The summed E-state index contributed by atoms with van der Waals surface area (Å²) in [6.07, 6.45) is 0.816. The maximum absolute atomic E-state index is 12.1. The Kier molecular flexibility index (Phi) is 3.86. The molecule has 0 bridgehead atoms. The number of rotatable bonds is 4. The third-order valence-corrected chi connectivity index (χ3v) is 4.50. The van der Waals surface area contributed by atoms with Gasteiger partial charge in [0.15, 0.2) is 0 Å². The van der Waals surface area contributed by atoms with Gasteiger partial charge < -0.3 is 15.7 Å². The van der Waals surface area contributed by atoms with E-state index in [2.05, 4.69) is 15.6 Å². The van der Waals surface area contributed by atoms with Gasteiger partial charge in [0.2, 0.25) is 5.91 Å². The van der Waals surface area contributed by atoms with E-state index in [9.17, 15) is 9.59 Å². The normalized spacial score (nSPS) is 22.4. The highest BCUT2D eigenvalue weighted by Crippen LogP contribution is 2.25. The Hall–Kier alpha value is -1.47. The molecule has 0 saturated carbocycles. The summed E-state index contributed by atoms with van der Waals surface area (Å²) in [5.41, 5.74) is 0.123. The molecule has 1 aromatic rings. The molecule has 104 valence electrons. The van der Waals surface area contributed by atoms with Crippen LogP contribution in [0.25, 0.3) is 0 Å². The van der Waals surface area contributed by atoms with Crippen LogP contribution < -0.4 is 10.6 Å². The number of carboxylic acids is 1. The number of amides is 1. The van der Waals surface area contributed by atoms with Gasteiger partial charge in [-0.3, -0.25) is 4.79 Å². The number of aromatic carboxylic acids is 1. The Bertz CT molecular complexity index is 506. The van der Waals surface area contributed by atoms with Crippen molar-refractivity contribution in [3.05, 3.63) is 15.6 Å². The average molecular weight is 283 g/mol. The Balaban J connectivity index is 1.97. The van der Waals surface area contributed by atoms with Gasteiger partial charge in [-0.15, -0.1) is 11.3 Å². The minimum atomic E-state index is -0.973. The molecule has 6 nitrogen and oxygen atoms in total. The van der Waals surface area contributed by atoms with Crippen molar-refractivity contribution in [3.63, 3.8) is 0 Å². The highest BCUT2D eigenvalue weighted by molar-refractivity contribution is 7.13. The third kappa shape index (κ3) is 2.93. The highest BCUT2D eigenvalue weighted by Gasteiger charge is 2.36. The summed E-state index contributed by atoms with van der Waals surface area (Å²) in [6, 6.07) is 0. The Labute approximate surface area is 115 Å². The molecule has 19 heavy (non-hydrogen) atoms. The number of nitrogens with zero attached hydrogens (tertiary/aromatic N) is 1. The minimum Gasteiger partial charge on any atom is -0.477 e. The van der Waals surface area contributed by atoms with E-state index in [1.807, 2.05) is 6.92 Å². The Morgan fingerprint density at radius 3 is 2.84 bits per heavy atom. The molecule has 3 N–H and O–H groups in total. The molecule has 1 saturated heterocycles. The lowest BCUT2D eigenvalue weighted by atomic mass is 9.89. The van der Waals surface area contributed by atoms with Gasteiger partial charge in [-0.25, -0.2) is 9.78 Å². The van der Waals surface area contributed by atoms with E-state index in [1.54, 1.807) is 6.92 Å². The molecule has 0 spiro atoms. The Morgan fingerprint density at radius 2 is 2.32 bits per heavy atom. The van der Waals surface area contributed by atoms with Crippen molar-refractivity contribution in [1.82, 2.24) is 15.6 Å². The Morgan fingerprint density at radius 1 is 1.58 bits per heavy atom. The quantitative estimate of drug-likeness (QED) is 0.759. The van der Waals surface area contributed by atoms with Crippen molar-refractivity contribution in [2.75, 3.05) is 13.1 Å². The predicted octanol–water partition coefficient (Wildman–Crippen LogP) is 0.766. The fraction of sp³-hybridized carbons (Fsp3) is 0.583. The summed E-state index contributed by atoms with van der Waals surface area (Å²) in [5.74, 6) is -0.984. The van der Waals surface area contributed by atoms with Crippen LogP contribution in [0.5, 0.6) is 0 Å². The molecule has 1 fully saturated rings. The van der Waals surface area contributed by atoms with Crippen molar-refractivity contribution in [3.8, 4) is 0 Å². The van der Waals surface area contributed by atoms with Crippen LogP contribution >= 0.6 is 11.3 Å². The average Bonchev–Trinajstić information content (AvgIpc) is 2.93. The zero-order valence-electron chi connectivity index (χ0n) is 10.9.